The predicted octanol–water partition coefficient (Wildman–Crippen LogP) is 2.87. The molecule has 2 aromatic carbocycles. The van der Waals surface area contributed by atoms with Crippen molar-refractivity contribution >= 4 is 17.7 Å². The summed E-state index contributed by atoms with van der Waals surface area (Å²) in [6.07, 6.45) is 0.707. The Morgan fingerprint density at radius 1 is 0.931 bits per heavy atom. The van der Waals surface area contributed by atoms with E-state index >= 15 is 0 Å². The fourth-order valence-electron chi connectivity index (χ4n) is 3.29. The first kappa shape index (κ1) is 19.7. The van der Waals surface area contributed by atoms with Gasteiger partial charge in [0.1, 0.15) is 5.82 Å². The standard InChI is InChI=1S/C22H24N4O2S/c27-21(25-11-13-28-14-12-25)17-29-22-24-23-20(15-18-7-3-1-4-8-18)26(22)16-19-9-5-2-6-10-19/h1-10H,11-17H2. The number of nitrogens with zero attached hydrogens (tertiary/aromatic N) is 4. The van der Waals surface area contributed by atoms with Gasteiger partial charge in [-0.2, -0.15) is 0 Å². The van der Waals surface area contributed by atoms with Gasteiger partial charge in [-0.3, -0.25) is 4.79 Å². The molecule has 7 heteroatoms. The molecule has 1 aromatic heterocycles. The van der Waals surface area contributed by atoms with E-state index in [-0.39, 0.29) is 5.91 Å². The summed E-state index contributed by atoms with van der Waals surface area (Å²) in [4.78, 5) is 14.4. The van der Waals surface area contributed by atoms with Crippen molar-refractivity contribution in [3.05, 3.63) is 77.6 Å². The highest BCUT2D eigenvalue weighted by atomic mass is 32.2. The highest BCUT2D eigenvalue weighted by molar-refractivity contribution is 7.99. The Bertz CT molecular complexity index is 925. The van der Waals surface area contributed by atoms with Crippen LogP contribution in [0.1, 0.15) is 17.0 Å². The van der Waals surface area contributed by atoms with Crippen LogP contribution in [0.3, 0.4) is 0 Å². The Morgan fingerprint density at radius 3 is 2.28 bits per heavy atom. The smallest absolute Gasteiger partial charge is 0.233 e. The SMILES string of the molecule is O=C(CSc1nnc(Cc2ccccc2)n1Cc1ccccc1)N1CCOCC1. The van der Waals surface area contributed by atoms with Crippen LogP contribution in [-0.4, -0.2) is 57.6 Å². The van der Waals surface area contributed by atoms with Gasteiger partial charge in [0.15, 0.2) is 5.16 Å². The van der Waals surface area contributed by atoms with Gasteiger partial charge >= 0.3 is 0 Å². The van der Waals surface area contributed by atoms with Crippen molar-refractivity contribution in [1.29, 1.82) is 0 Å². The molecule has 29 heavy (non-hydrogen) atoms. The van der Waals surface area contributed by atoms with E-state index in [1.807, 2.05) is 41.3 Å². The highest BCUT2D eigenvalue weighted by Crippen LogP contribution is 2.21. The highest BCUT2D eigenvalue weighted by Gasteiger charge is 2.19. The molecule has 0 aliphatic carbocycles. The molecule has 3 aromatic rings. The first-order valence-electron chi connectivity index (χ1n) is 9.78. The van der Waals surface area contributed by atoms with Gasteiger partial charge in [0.25, 0.3) is 0 Å². The Kier molecular flexibility index (Phi) is 6.59. The number of thioether (sulfide) groups is 1. The van der Waals surface area contributed by atoms with E-state index in [0.717, 1.165) is 11.0 Å². The third kappa shape index (κ3) is 5.25. The Morgan fingerprint density at radius 2 is 1.59 bits per heavy atom. The van der Waals surface area contributed by atoms with E-state index in [0.29, 0.717) is 45.0 Å². The molecular weight excluding hydrogens is 384 g/mol. The quantitative estimate of drug-likeness (QED) is 0.563. The third-order valence-electron chi connectivity index (χ3n) is 4.87. The molecule has 1 aliphatic rings. The van der Waals surface area contributed by atoms with Crippen LogP contribution in [0.15, 0.2) is 65.8 Å². The molecule has 150 valence electrons. The maximum Gasteiger partial charge on any atom is 0.233 e. The Balaban J connectivity index is 1.51. The second-order valence-electron chi connectivity index (χ2n) is 6.91. The van der Waals surface area contributed by atoms with Crippen LogP contribution in [0.25, 0.3) is 0 Å². The topological polar surface area (TPSA) is 60.2 Å². The largest absolute Gasteiger partial charge is 0.378 e. The molecule has 0 unspecified atom stereocenters. The van der Waals surface area contributed by atoms with Gasteiger partial charge in [0.05, 0.1) is 25.5 Å². The first-order valence-corrected chi connectivity index (χ1v) is 10.8. The van der Waals surface area contributed by atoms with Crippen molar-refractivity contribution in [1.82, 2.24) is 19.7 Å². The van der Waals surface area contributed by atoms with Crippen molar-refractivity contribution < 1.29 is 9.53 Å². The van der Waals surface area contributed by atoms with Crippen LogP contribution in [0.2, 0.25) is 0 Å². The Hall–Kier alpha value is -2.64. The molecule has 0 atom stereocenters. The van der Waals surface area contributed by atoms with E-state index in [9.17, 15) is 4.79 Å². The van der Waals surface area contributed by atoms with Crippen LogP contribution in [0.4, 0.5) is 0 Å². The average molecular weight is 409 g/mol. The van der Waals surface area contributed by atoms with Gasteiger partial charge in [0, 0.05) is 19.5 Å². The zero-order chi connectivity index (χ0) is 19.9. The summed E-state index contributed by atoms with van der Waals surface area (Å²) < 4.78 is 7.46. The summed E-state index contributed by atoms with van der Waals surface area (Å²) in [5, 5.41) is 9.63. The van der Waals surface area contributed by atoms with Gasteiger partial charge in [-0.25, -0.2) is 0 Å². The summed E-state index contributed by atoms with van der Waals surface area (Å²) >= 11 is 1.46. The minimum Gasteiger partial charge on any atom is -0.378 e. The maximum atomic E-state index is 12.5. The number of morpholine rings is 1. The molecule has 1 saturated heterocycles. The number of rotatable bonds is 7. The molecule has 0 N–H and O–H groups in total. The van der Waals surface area contributed by atoms with Crippen LogP contribution in [0.5, 0.6) is 0 Å². The molecule has 1 amide bonds. The monoisotopic (exact) mass is 408 g/mol. The normalized spacial score (nSPS) is 14.1. The fraction of sp³-hybridized carbons (Fsp3) is 0.318. The van der Waals surface area contributed by atoms with Gasteiger partial charge in [-0.05, 0) is 11.1 Å². The lowest BCUT2D eigenvalue weighted by atomic mass is 10.1. The van der Waals surface area contributed by atoms with Gasteiger partial charge in [0.2, 0.25) is 5.91 Å². The molecule has 2 heterocycles. The summed E-state index contributed by atoms with van der Waals surface area (Å²) in [7, 11) is 0. The van der Waals surface area contributed by atoms with Crippen molar-refractivity contribution in [2.45, 2.75) is 18.1 Å². The lowest BCUT2D eigenvalue weighted by molar-refractivity contribution is -0.132. The molecule has 0 bridgehead atoms. The number of benzene rings is 2. The first-order chi connectivity index (χ1) is 14.3. The lowest BCUT2D eigenvalue weighted by Gasteiger charge is -2.26. The van der Waals surface area contributed by atoms with Gasteiger partial charge in [-0.1, -0.05) is 72.4 Å². The third-order valence-corrected chi connectivity index (χ3v) is 5.82. The van der Waals surface area contributed by atoms with E-state index in [4.69, 9.17) is 4.74 Å². The zero-order valence-electron chi connectivity index (χ0n) is 16.2. The minimum absolute atomic E-state index is 0.122. The molecule has 6 nitrogen and oxygen atoms in total. The summed E-state index contributed by atoms with van der Waals surface area (Å²) in [5.41, 5.74) is 2.37. The minimum atomic E-state index is 0.122. The van der Waals surface area contributed by atoms with Crippen LogP contribution in [-0.2, 0) is 22.5 Å². The molecule has 4 rings (SSSR count). The molecular formula is C22H24N4O2S. The summed E-state index contributed by atoms with van der Waals surface area (Å²) in [6, 6.07) is 20.5. The van der Waals surface area contributed by atoms with Crippen molar-refractivity contribution in [3.63, 3.8) is 0 Å². The van der Waals surface area contributed by atoms with Crippen LogP contribution in [0, 0.1) is 0 Å². The summed E-state index contributed by atoms with van der Waals surface area (Å²) in [6.45, 7) is 3.23. The molecule has 0 spiro atoms. The number of hydrogen-bond acceptors (Lipinski definition) is 5. The fourth-order valence-corrected chi connectivity index (χ4v) is 4.15. The average Bonchev–Trinajstić information content (AvgIpc) is 3.15. The number of hydrogen-bond donors (Lipinski definition) is 0. The molecule has 0 radical (unpaired) electrons. The molecule has 1 aliphatic heterocycles. The molecule has 1 fully saturated rings. The predicted molar refractivity (Wildman–Crippen MR) is 113 cm³/mol. The van der Waals surface area contributed by atoms with Gasteiger partial charge < -0.3 is 14.2 Å². The van der Waals surface area contributed by atoms with Crippen LogP contribution < -0.4 is 0 Å². The van der Waals surface area contributed by atoms with Crippen molar-refractivity contribution in [2.24, 2.45) is 0 Å². The van der Waals surface area contributed by atoms with E-state index in [1.54, 1.807) is 0 Å². The maximum absolute atomic E-state index is 12.5. The number of carbonyl (C=O) groups excluding carboxylic acids is 1. The second-order valence-corrected chi connectivity index (χ2v) is 7.86. The van der Waals surface area contributed by atoms with E-state index in [2.05, 4.69) is 39.0 Å². The summed E-state index contributed by atoms with van der Waals surface area (Å²) in [5.74, 6) is 1.39. The van der Waals surface area contributed by atoms with E-state index < -0.39 is 0 Å². The Labute approximate surface area is 174 Å². The number of ether oxygens (including phenoxy) is 1. The number of amides is 1. The second kappa shape index (κ2) is 9.71. The number of aromatic nitrogens is 3. The van der Waals surface area contributed by atoms with E-state index in [1.165, 1.54) is 22.9 Å². The lowest BCUT2D eigenvalue weighted by Crippen LogP contribution is -2.41. The zero-order valence-corrected chi connectivity index (χ0v) is 17.1. The number of carbonyl (C=O) groups is 1. The van der Waals surface area contributed by atoms with Crippen molar-refractivity contribution in [3.8, 4) is 0 Å². The van der Waals surface area contributed by atoms with Gasteiger partial charge in [-0.15, -0.1) is 10.2 Å². The van der Waals surface area contributed by atoms with Crippen LogP contribution >= 0.6 is 11.8 Å². The molecule has 0 saturated carbocycles. The van der Waals surface area contributed by atoms with Crippen molar-refractivity contribution in [2.75, 3.05) is 32.1 Å².